The summed E-state index contributed by atoms with van der Waals surface area (Å²) in [6.07, 6.45) is 19.6. The van der Waals surface area contributed by atoms with Crippen LogP contribution >= 0.6 is 0 Å². The molecule has 1 N–H and O–H groups in total. The van der Waals surface area contributed by atoms with Gasteiger partial charge in [-0.2, -0.15) is 0 Å². The Labute approximate surface area is 226 Å². The van der Waals surface area contributed by atoms with Crippen LogP contribution in [0.25, 0.3) is 0 Å². The molecule has 3 aliphatic rings. The number of amides is 1. The van der Waals surface area contributed by atoms with Crippen molar-refractivity contribution >= 4 is 11.9 Å². The second-order valence-corrected chi connectivity index (χ2v) is 11.7. The highest BCUT2D eigenvalue weighted by molar-refractivity contribution is 5.89. The standard InChI is InChI=1S/C31H42N2O5/c1-22(8-15-27-18-31(21-36-31)20-30(3,4)38-27)7-10-24-11-13-26(14-12-24)33-28(34)16-9-23(2)37-29(35)25-6-5-17-32-19-25/h5-9,15-17,19,23-24,26-27H,10-14,18,20-21H2,1-4H3,(H,33,34)/b15-8+,16-9-,22-7+/t23-,24-,26+,27+,31+/m0/s1. The van der Waals surface area contributed by atoms with Gasteiger partial charge in [0, 0.05) is 37.4 Å². The summed E-state index contributed by atoms with van der Waals surface area (Å²) in [4.78, 5) is 28.4. The number of allylic oxidation sites excluding steroid dienone is 3. The average molecular weight is 523 g/mol. The summed E-state index contributed by atoms with van der Waals surface area (Å²) < 4.78 is 17.3. The molecule has 3 heterocycles. The molecule has 2 saturated heterocycles. The number of esters is 1. The van der Waals surface area contributed by atoms with Gasteiger partial charge in [-0.3, -0.25) is 9.78 Å². The fraction of sp³-hybridized carbons (Fsp3) is 0.581. The number of pyridine rings is 1. The minimum Gasteiger partial charge on any atom is -0.455 e. The second kappa shape index (κ2) is 12.4. The minimum atomic E-state index is -0.507. The van der Waals surface area contributed by atoms with Gasteiger partial charge in [0.25, 0.3) is 0 Å². The second-order valence-electron chi connectivity index (χ2n) is 11.7. The lowest BCUT2D eigenvalue weighted by molar-refractivity contribution is -0.117. The number of carbonyl (C=O) groups excluding carboxylic acids is 2. The quantitative estimate of drug-likeness (QED) is 0.200. The van der Waals surface area contributed by atoms with Gasteiger partial charge in [0.15, 0.2) is 0 Å². The van der Waals surface area contributed by atoms with Gasteiger partial charge in [0.1, 0.15) is 6.10 Å². The highest BCUT2D eigenvalue weighted by atomic mass is 16.6. The molecule has 1 aromatic rings. The van der Waals surface area contributed by atoms with Gasteiger partial charge in [-0.15, -0.1) is 0 Å². The van der Waals surface area contributed by atoms with E-state index in [4.69, 9.17) is 14.2 Å². The van der Waals surface area contributed by atoms with Crippen molar-refractivity contribution < 1.29 is 23.8 Å². The Morgan fingerprint density at radius 3 is 2.68 bits per heavy atom. The first-order chi connectivity index (χ1) is 18.1. The van der Waals surface area contributed by atoms with Crippen LogP contribution in [0.1, 0.15) is 83.0 Å². The largest absolute Gasteiger partial charge is 0.455 e. The van der Waals surface area contributed by atoms with Gasteiger partial charge in [-0.25, -0.2) is 4.79 Å². The van der Waals surface area contributed by atoms with Crippen LogP contribution in [0.4, 0.5) is 0 Å². The third kappa shape index (κ3) is 8.63. The maximum absolute atomic E-state index is 12.4. The van der Waals surface area contributed by atoms with E-state index in [9.17, 15) is 9.59 Å². The highest BCUT2D eigenvalue weighted by Crippen LogP contribution is 2.46. The fourth-order valence-corrected chi connectivity index (χ4v) is 5.59. The summed E-state index contributed by atoms with van der Waals surface area (Å²) in [7, 11) is 0. The molecule has 0 unspecified atom stereocenters. The topological polar surface area (TPSA) is 90.0 Å². The Morgan fingerprint density at radius 1 is 1.24 bits per heavy atom. The predicted molar refractivity (Wildman–Crippen MR) is 147 cm³/mol. The molecule has 0 bridgehead atoms. The Hall–Kier alpha value is -2.77. The smallest absolute Gasteiger partial charge is 0.340 e. The number of aromatic nitrogens is 1. The van der Waals surface area contributed by atoms with E-state index in [1.54, 1.807) is 31.3 Å². The van der Waals surface area contributed by atoms with E-state index in [1.165, 1.54) is 17.8 Å². The van der Waals surface area contributed by atoms with E-state index in [-0.39, 0.29) is 29.3 Å². The lowest BCUT2D eigenvalue weighted by Gasteiger charge is -2.38. The molecule has 38 heavy (non-hydrogen) atoms. The molecule has 1 amide bonds. The van der Waals surface area contributed by atoms with Crippen LogP contribution in [0.15, 0.2) is 60.5 Å². The first-order valence-electron chi connectivity index (χ1n) is 13.9. The van der Waals surface area contributed by atoms with Crippen molar-refractivity contribution in [3.05, 3.63) is 66.0 Å². The summed E-state index contributed by atoms with van der Waals surface area (Å²) in [5, 5.41) is 3.09. The maximum atomic E-state index is 12.4. The third-order valence-corrected chi connectivity index (χ3v) is 7.59. The molecule has 1 spiro atoms. The van der Waals surface area contributed by atoms with E-state index in [2.05, 4.69) is 49.3 Å². The zero-order valence-electron chi connectivity index (χ0n) is 23.2. The number of nitrogens with one attached hydrogen (secondary N) is 1. The molecular formula is C31H42N2O5. The molecular weight excluding hydrogens is 480 g/mol. The molecule has 3 atom stereocenters. The van der Waals surface area contributed by atoms with Gasteiger partial charge < -0.3 is 19.5 Å². The molecule has 0 radical (unpaired) electrons. The van der Waals surface area contributed by atoms with Crippen molar-refractivity contribution in [2.24, 2.45) is 5.92 Å². The fourth-order valence-electron chi connectivity index (χ4n) is 5.59. The van der Waals surface area contributed by atoms with Crippen molar-refractivity contribution in [3.63, 3.8) is 0 Å². The number of hydrogen-bond donors (Lipinski definition) is 1. The number of hydrogen-bond acceptors (Lipinski definition) is 6. The van der Waals surface area contributed by atoms with Crippen LogP contribution in [-0.2, 0) is 19.0 Å². The van der Waals surface area contributed by atoms with Gasteiger partial charge in [0.2, 0.25) is 5.91 Å². The van der Waals surface area contributed by atoms with E-state index in [0.717, 1.165) is 51.6 Å². The van der Waals surface area contributed by atoms with Gasteiger partial charge in [0.05, 0.1) is 29.5 Å². The molecule has 1 aromatic heterocycles. The van der Waals surface area contributed by atoms with E-state index >= 15 is 0 Å². The van der Waals surface area contributed by atoms with Gasteiger partial charge >= 0.3 is 5.97 Å². The van der Waals surface area contributed by atoms with Gasteiger partial charge in [-0.05, 0) is 83.9 Å². The first-order valence-corrected chi connectivity index (χ1v) is 13.9. The van der Waals surface area contributed by atoms with Crippen LogP contribution in [-0.4, -0.2) is 52.9 Å². The van der Waals surface area contributed by atoms with E-state index < -0.39 is 12.1 Å². The Bertz CT molecular complexity index is 1040. The van der Waals surface area contributed by atoms with Crippen molar-refractivity contribution in [2.75, 3.05) is 6.61 Å². The lowest BCUT2D eigenvalue weighted by Crippen LogP contribution is -2.43. The number of rotatable bonds is 9. The van der Waals surface area contributed by atoms with Crippen LogP contribution in [0.5, 0.6) is 0 Å². The molecule has 206 valence electrons. The first kappa shape index (κ1) is 28.2. The summed E-state index contributed by atoms with van der Waals surface area (Å²) in [5.74, 6) is 0.0355. The molecule has 1 saturated carbocycles. The summed E-state index contributed by atoms with van der Waals surface area (Å²) in [6, 6.07) is 3.51. The van der Waals surface area contributed by atoms with E-state index in [1.807, 2.05) is 0 Å². The predicted octanol–water partition coefficient (Wildman–Crippen LogP) is 5.48. The number of nitrogens with zero attached hydrogens (tertiary/aromatic N) is 1. The molecule has 7 heteroatoms. The van der Waals surface area contributed by atoms with Crippen LogP contribution in [0, 0.1) is 5.92 Å². The average Bonchev–Trinajstić information content (AvgIpc) is 3.62. The monoisotopic (exact) mass is 522 g/mol. The molecule has 2 aliphatic heterocycles. The van der Waals surface area contributed by atoms with Crippen molar-refractivity contribution in [1.82, 2.24) is 10.3 Å². The maximum Gasteiger partial charge on any atom is 0.340 e. The van der Waals surface area contributed by atoms with Gasteiger partial charge in [-0.1, -0.05) is 23.8 Å². The van der Waals surface area contributed by atoms with Crippen molar-refractivity contribution in [2.45, 2.75) is 102 Å². The Morgan fingerprint density at radius 2 is 2.00 bits per heavy atom. The zero-order chi connectivity index (χ0) is 27.2. The van der Waals surface area contributed by atoms with Crippen LogP contribution < -0.4 is 5.32 Å². The third-order valence-electron chi connectivity index (χ3n) is 7.59. The molecule has 7 nitrogen and oxygen atoms in total. The molecule has 4 rings (SSSR count). The van der Waals surface area contributed by atoms with Crippen LogP contribution in [0.2, 0.25) is 0 Å². The Balaban J connectivity index is 1.14. The molecule has 1 aliphatic carbocycles. The SMILES string of the molecule is CC(/C=C/[C@@H]1C[C@]2(CO2)CC(C)(C)O1)=C\C[C@H]1CC[C@@H](NC(=O)/C=C\[C@H](C)OC(=O)c2cccnc2)CC1. The van der Waals surface area contributed by atoms with Crippen LogP contribution in [0.3, 0.4) is 0 Å². The number of ether oxygens (including phenoxy) is 3. The number of carbonyl (C=O) groups is 2. The zero-order valence-corrected chi connectivity index (χ0v) is 23.2. The number of epoxide rings is 1. The normalized spacial score (nSPS) is 29.9. The molecule has 0 aromatic carbocycles. The van der Waals surface area contributed by atoms with E-state index in [0.29, 0.717) is 11.5 Å². The summed E-state index contributed by atoms with van der Waals surface area (Å²) in [5.41, 5.74) is 1.56. The lowest BCUT2D eigenvalue weighted by atomic mass is 9.83. The summed E-state index contributed by atoms with van der Waals surface area (Å²) >= 11 is 0. The Kier molecular flexibility index (Phi) is 9.21. The highest BCUT2D eigenvalue weighted by Gasteiger charge is 2.53. The summed E-state index contributed by atoms with van der Waals surface area (Å²) in [6.45, 7) is 9.04. The van der Waals surface area contributed by atoms with Crippen molar-refractivity contribution in [1.29, 1.82) is 0 Å². The minimum absolute atomic E-state index is 0.0452. The van der Waals surface area contributed by atoms with Crippen molar-refractivity contribution in [3.8, 4) is 0 Å². The molecule has 3 fully saturated rings.